The van der Waals surface area contributed by atoms with Crippen LogP contribution in [0.4, 0.5) is 5.13 Å². The first-order valence-corrected chi connectivity index (χ1v) is 11.9. The number of methoxy groups -OCH3 is 1. The summed E-state index contributed by atoms with van der Waals surface area (Å²) in [6.07, 6.45) is 1.29. The number of aromatic nitrogens is 1. The minimum Gasteiger partial charge on any atom is -0.494 e. The lowest BCUT2D eigenvalue weighted by molar-refractivity contribution is -0.118. The molecule has 0 radical (unpaired) electrons. The van der Waals surface area contributed by atoms with Crippen molar-refractivity contribution in [2.45, 2.75) is 17.7 Å². The molecule has 3 aromatic rings. The van der Waals surface area contributed by atoms with Crippen molar-refractivity contribution in [3.05, 3.63) is 47.5 Å². The third-order valence-corrected chi connectivity index (χ3v) is 6.90. The number of halogens is 2. The van der Waals surface area contributed by atoms with Gasteiger partial charge in [0.05, 0.1) is 11.8 Å². The van der Waals surface area contributed by atoms with E-state index in [1.54, 1.807) is 18.9 Å². The molecule has 9 heteroatoms. The summed E-state index contributed by atoms with van der Waals surface area (Å²) in [7, 11) is 5.65. The fourth-order valence-corrected chi connectivity index (χ4v) is 4.90. The van der Waals surface area contributed by atoms with Crippen molar-refractivity contribution in [1.82, 2.24) is 9.88 Å². The van der Waals surface area contributed by atoms with E-state index in [0.29, 0.717) is 13.0 Å². The van der Waals surface area contributed by atoms with E-state index in [4.69, 9.17) is 21.3 Å². The zero-order chi connectivity index (χ0) is 21.5. The van der Waals surface area contributed by atoms with Crippen LogP contribution in [0.1, 0.15) is 12.8 Å². The van der Waals surface area contributed by atoms with E-state index >= 15 is 0 Å². The molecule has 0 N–H and O–H groups in total. The maximum absolute atomic E-state index is 13.1. The van der Waals surface area contributed by atoms with Crippen molar-refractivity contribution < 1.29 is 9.53 Å². The van der Waals surface area contributed by atoms with E-state index in [0.717, 1.165) is 49.7 Å². The number of fused-ring (bicyclic) bond motifs is 1. The lowest BCUT2D eigenvalue weighted by Gasteiger charge is -2.22. The summed E-state index contributed by atoms with van der Waals surface area (Å²) in [5.41, 5.74) is 0.806. The van der Waals surface area contributed by atoms with Gasteiger partial charge in [0.1, 0.15) is 11.3 Å². The maximum Gasteiger partial charge on any atom is 0.228 e. The second-order valence-corrected chi connectivity index (χ2v) is 9.67. The summed E-state index contributed by atoms with van der Waals surface area (Å²) in [4.78, 5) is 22.8. The fraction of sp³-hybridized carbons (Fsp3) is 0.364. The SMILES string of the molecule is COc1cccc2sc(N(CCN(C)C)C(=O)CCCSc3ccc(Cl)cc3)nc12.Cl. The number of benzene rings is 2. The van der Waals surface area contributed by atoms with Crippen molar-refractivity contribution in [2.24, 2.45) is 0 Å². The average Bonchev–Trinajstić information content (AvgIpc) is 3.16. The molecule has 2 aromatic carbocycles. The Hall–Kier alpha value is -1.51. The van der Waals surface area contributed by atoms with Crippen LogP contribution in [0.2, 0.25) is 5.02 Å². The number of thioether (sulfide) groups is 1. The van der Waals surface area contributed by atoms with E-state index in [2.05, 4.69) is 4.90 Å². The molecule has 0 saturated heterocycles. The Morgan fingerprint density at radius 3 is 2.58 bits per heavy atom. The second kappa shape index (κ2) is 12.5. The van der Waals surface area contributed by atoms with E-state index in [9.17, 15) is 4.79 Å². The van der Waals surface area contributed by atoms with E-state index in [-0.39, 0.29) is 18.3 Å². The molecule has 0 atom stereocenters. The monoisotopic (exact) mass is 499 g/mol. The maximum atomic E-state index is 13.1. The molecular weight excluding hydrogens is 473 g/mol. The molecular formula is C22H27Cl2N3O2S2. The number of carbonyl (C=O) groups excluding carboxylic acids is 1. The van der Waals surface area contributed by atoms with Gasteiger partial charge in [-0.25, -0.2) is 4.98 Å². The van der Waals surface area contributed by atoms with Gasteiger partial charge in [0.25, 0.3) is 0 Å². The highest BCUT2D eigenvalue weighted by Crippen LogP contribution is 2.34. The van der Waals surface area contributed by atoms with Crippen LogP contribution in [0.25, 0.3) is 10.2 Å². The topological polar surface area (TPSA) is 45.7 Å². The Morgan fingerprint density at radius 1 is 1.16 bits per heavy atom. The summed E-state index contributed by atoms with van der Waals surface area (Å²) in [5, 5.41) is 1.46. The van der Waals surface area contributed by atoms with Gasteiger partial charge >= 0.3 is 0 Å². The summed E-state index contributed by atoms with van der Waals surface area (Å²) < 4.78 is 6.45. The largest absolute Gasteiger partial charge is 0.494 e. The highest BCUT2D eigenvalue weighted by molar-refractivity contribution is 7.99. The summed E-state index contributed by atoms with van der Waals surface area (Å²) >= 11 is 9.20. The minimum atomic E-state index is 0. The van der Waals surface area contributed by atoms with Crippen LogP contribution in [0.3, 0.4) is 0 Å². The number of amides is 1. The first-order chi connectivity index (χ1) is 14.5. The second-order valence-electron chi connectivity index (χ2n) is 7.06. The van der Waals surface area contributed by atoms with Crippen molar-refractivity contribution in [1.29, 1.82) is 0 Å². The molecule has 1 amide bonds. The van der Waals surface area contributed by atoms with Gasteiger partial charge in [-0.05, 0) is 62.7 Å². The molecule has 0 spiro atoms. The van der Waals surface area contributed by atoms with Crippen LogP contribution in [-0.2, 0) is 4.79 Å². The van der Waals surface area contributed by atoms with Crippen molar-refractivity contribution >= 4 is 68.4 Å². The van der Waals surface area contributed by atoms with Crippen LogP contribution in [0, 0.1) is 0 Å². The fourth-order valence-electron chi connectivity index (χ4n) is 2.90. The summed E-state index contributed by atoms with van der Waals surface area (Å²) in [6.45, 7) is 1.39. The third kappa shape index (κ3) is 7.26. The van der Waals surface area contributed by atoms with Gasteiger partial charge in [0, 0.05) is 29.4 Å². The standard InChI is InChI=1S/C22H26ClN3O2S2.ClH/c1-25(2)13-14-26(22-24-21-18(28-3)6-4-7-19(21)30-22)20(27)8-5-15-29-17-11-9-16(23)10-12-17;/h4,6-7,9-12H,5,8,13-15H2,1-3H3;1H. The van der Waals surface area contributed by atoms with Crippen molar-refractivity contribution in [3.8, 4) is 5.75 Å². The first kappa shape index (κ1) is 25.7. The minimum absolute atomic E-state index is 0. The van der Waals surface area contributed by atoms with Gasteiger partial charge in [0.2, 0.25) is 5.91 Å². The Balaban J connectivity index is 0.00000341. The molecule has 0 fully saturated rings. The highest BCUT2D eigenvalue weighted by Gasteiger charge is 2.20. The third-order valence-electron chi connectivity index (χ3n) is 4.51. The van der Waals surface area contributed by atoms with Gasteiger partial charge in [0.15, 0.2) is 5.13 Å². The lowest BCUT2D eigenvalue weighted by Crippen LogP contribution is -2.36. The Kier molecular flexibility index (Phi) is 10.4. The van der Waals surface area contributed by atoms with Crippen LogP contribution in [0.5, 0.6) is 5.75 Å². The number of hydrogen-bond acceptors (Lipinski definition) is 6. The number of hydrogen-bond donors (Lipinski definition) is 0. The molecule has 0 saturated carbocycles. The quantitative estimate of drug-likeness (QED) is 0.258. The molecule has 0 aliphatic rings. The van der Waals surface area contributed by atoms with Gasteiger partial charge in [-0.15, -0.1) is 24.2 Å². The van der Waals surface area contributed by atoms with E-state index in [1.165, 1.54) is 11.3 Å². The van der Waals surface area contributed by atoms with Crippen molar-refractivity contribution in [3.63, 3.8) is 0 Å². The number of ether oxygens (including phenoxy) is 1. The molecule has 0 aliphatic carbocycles. The average molecular weight is 501 g/mol. The molecule has 0 bridgehead atoms. The molecule has 1 heterocycles. The normalized spacial score (nSPS) is 10.9. The van der Waals surface area contributed by atoms with E-state index < -0.39 is 0 Å². The van der Waals surface area contributed by atoms with E-state index in [1.807, 2.05) is 61.5 Å². The molecule has 31 heavy (non-hydrogen) atoms. The predicted octanol–water partition coefficient (Wildman–Crippen LogP) is 5.85. The molecule has 3 rings (SSSR count). The number of para-hydroxylation sites is 1. The van der Waals surface area contributed by atoms with Gasteiger partial charge in [-0.1, -0.05) is 29.0 Å². The molecule has 1 aromatic heterocycles. The van der Waals surface area contributed by atoms with Crippen LogP contribution in [0.15, 0.2) is 47.4 Å². The molecule has 168 valence electrons. The molecule has 0 aliphatic heterocycles. The number of carbonyl (C=O) groups is 1. The Morgan fingerprint density at radius 2 is 1.90 bits per heavy atom. The number of thiazole rings is 1. The lowest BCUT2D eigenvalue weighted by atomic mass is 10.3. The smallest absolute Gasteiger partial charge is 0.228 e. The zero-order valence-corrected chi connectivity index (χ0v) is 21.0. The molecule has 5 nitrogen and oxygen atoms in total. The first-order valence-electron chi connectivity index (χ1n) is 9.75. The van der Waals surface area contributed by atoms with Crippen molar-refractivity contribution in [2.75, 3.05) is 44.9 Å². The Labute approximate surface area is 203 Å². The highest BCUT2D eigenvalue weighted by atomic mass is 35.5. The summed E-state index contributed by atoms with van der Waals surface area (Å²) in [6, 6.07) is 13.6. The molecule has 0 unspecified atom stereocenters. The van der Waals surface area contributed by atoms with Crippen LogP contribution < -0.4 is 9.64 Å². The van der Waals surface area contributed by atoms with Crippen LogP contribution >= 0.6 is 47.1 Å². The summed E-state index contributed by atoms with van der Waals surface area (Å²) in [5.74, 6) is 1.71. The van der Waals surface area contributed by atoms with Gasteiger partial charge < -0.3 is 9.64 Å². The zero-order valence-electron chi connectivity index (χ0n) is 17.8. The predicted molar refractivity (Wildman–Crippen MR) is 136 cm³/mol. The number of nitrogens with zero attached hydrogens (tertiary/aromatic N) is 3. The van der Waals surface area contributed by atoms with Gasteiger partial charge in [-0.3, -0.25) is 9.69 Å². The Bertz CT molecular complexity index is 981. The number of anilines is 1. The number of likely N-dealkylation sites (N-methyl/N-ethyl adjacent to an activating group) is 1. The van der Waals surface area contributed by atoms with Crippen LogP contribution in [-0.4, -0.2) is 55.8 Å². The van der Waals surface area contributed by atoms with Gasteiger partial charge in [-0.2, -0.15) is 0 Å². The number of rotatable bonds is 10.